The zero-order valence-corrected chi connectivity index (χ0v) is 12.4. The molecule has 1 aromatic rings. The van der Waals surface area contributed by atoms with Gasteiger partial charge >= 0.3 is 0 Å². The zero-order valence-electron chi connectivity index (χ0n) is 11.6. The van der Waals surface area contributed by atoms with Gasteiger partial charge in [-0.05, 0) is 24.5 Å². The van der Waals surface area contributed by atoms with E-state index >= 15 is 0 Å². The van der Waals surface area contributed by atoms with E-state index in [4.69, 9.17) is 11.6 Å². The van der Waals surface area contributed by atoms with E-state index in [9.17, 15) is 4.39 Å². The van der Waals surface area contributed by atoms with Crippen LogP contribution in [0.4, 0.5) is 4.39 Å². The third-order valence-corrected chi connectivity index (χ3v) is 3.74. The average Bonchev–Trinajstić information content (AvgIpc) is 2.32. The Morgan fingerprint density at radius 1 is 1.47 bits per heavy atom. The Bertz CT molecular complexity index is 423. The number of nitrogens with zero attached hydrogens (tertiary/aromatic N) is 1. The van der Waals surface area contributed by atoms with E-state index < -0.39 is 0 Å². The summed E-state index contributed by atoms with van der Waals surface area (Å²) >= 11 is 5.78. The first-order valence-electron chi connectivity index (χ1n) is 6.94. The molecule has 0 radical (unpaired) electrons. The number of nitrogens with one attached hydrogen (secondary N) is 1. The van der Waals surface area contributed by atoms with Crippen molar-refractivity contribution in [2.24, 2.45) is 5.92 Å². The van der Waals surface area contributed by atoms with E-state index in [2.05, 4.69) is 24.1 Å². The molecule has 106 valence electrons. The number of halogens is 2. The summed E-state index contributed by atoms with van der Waals surface area (Å²) in [6, 6.07) is 5.46. The molecule has 0 aliphatic carbocycles. The summed E-state index contributed by atoms with van der Waals surface area (Å²) in [7, 11) is 0. The zero-order chi connectivity index (χ0) is 13.8. The smallest absolute Gasteiger partial charge is 0.129 e. The maximum atomic E-state index is 13.8. The highest BCUT2D eigenvalue weighted by Gasteiger charge is 2.20. The monoisotopic (exact) mass is 284 g/mol. The van der Waals surface area contributed by atoms with Crippen LogP contribution in [0.2, 0.25) is 5.02 Å². The van der Waals surface area contributed by atoms with E-state index in [1.54, 1.807) is 12.1 Å². The lowest BCUT2D eigenvalue weighted by Gasteiger charge is -2.34. The third-order valence-electron chi connectivity index (χ3n) is 3.50. The molecule has 1 saturated heterocycles. The van der Waals surface area contributed by atoms with E-state index in [0.29, 0.717) is 23.5 Å². The quantitative estimate of drug-likeness (QED) is 0.913. The van der Waals surface area contributed by atoms with Crippen LogP contribution in [0.3, 0.4) is 0 Å². The number of benzene rings is 1. The van der Waals surface area contributed by atoms with Gasteiger partial charge in [-0.15, -0.1) is 0 Å². The van der Waals surface area contributed by atoms with Crippen LogP contribution in [0.15, 0.2) is 18.2 Å². The molecule has 1 unspecified atom stereocenters. The molecule has 1 aliphatic rings. The highest BCUT2D eigenvalue weighted by atomic mass is 35.5. The summed E-state index contributed by atoms with van der Waals surface area (Å²) in [5.74, 6) is 0.483. The van der Waals surface area contributed by atoms with Crippen LogP contribution in [0.1, 0.15) is 25.8 Å². The number of piperazine rings is 1. The van der Waals surface area contributed by atoms with E-state index in [1.165, 1.54) is 12.5 Å². The first-order chi connectivity index (χ1) is 9.04. The highest BCUT2D eigenvalue weighted by Crippen LogP contribution is 2.18. The Balaban J connectivity index is 1.94. The normalized spacial score (nSPS) is 21.0. The van der Waals surface area contributed by atoms with Crippen LogP contribution in [0.5, 0.6) is 0 Å². The van der Waals surface area contributed by atoms with Gasteiger partial charge in [-0.1, -0.05) is 31.5 Å². The standard InChI is InChI=1S/C15H22ClFN2/c1-11(2)7-14-10-19(6-5-18-14)9-12-3-4-13(16)8-15(12)17/h3-4,8,11,14,18H,5-7,9-10H2,1-2H3. The molecule has 1 atom stereocenters. The molecule has 0 bridgehead atoms. The molecule has 1 fully saturated rings. The van der Waals surface area contributed by atoms with Gasteiger partial charge in [0.1, 0.15) is 5.82 Å². The second-order valence-corrected chi connectivity index (χ2v) is 6.19. The largest absolute Gasteiger partial charge is 0.311 e. The second kappa shape index (κ2) is 6.69. The lowest BCUT2D eigenvalue weighted by Crippen LogP contribution is -2.50. The van der Waals surface area contributed by atoms with Gasteiger partial charge in [0.2, 0.25) is 0 Å². The summed E-state index contributed by atoms with van der Waals surface area (Å²) < 4.78 is 13.8. The molecule has 1 N–H and O–H groups in total. The predicted molar refractivity (Wildman–Crippen MR) is 77.9 cm³/mol. The predicted octanol–water partition coefficient (Wildman–Crippen LogP) is 3.30. The van der Waals surface area contributed by atoms with Crippen LogP contribution in [0.25, 0.3) is 0 Å². The van der Waals surface area contributed by atoms with Gasteiger partial charge in [0, 0.05) is 42.8 Å². The van der Waals surface area contributed by atoms with Crippen molar-refractivity contribution in [2.45, 2.75) is 32.9 Å². The molecule has 0 spiro atoms. The van der Waals surface area contributed by atoms with Crippen LogP contribution < -0.4 is 5.32 Å². The minimum Gasteiger partial charge on any atom is -0.311 e. The van der Waals surface area contributed by atoms with Crippen LogP contribution in [0, 0.1) is 11.7 Å². The lowest BCUT2D eigenvalue weighted by molar-refractivity contribution is 0.178. The Hall–Kier alpha value is -0.640. The fourth-order valence-corrected chi connectivity index (χ4v) is 2.81. The van der Waals surface area contributed by atoms with Crippen molar-refractivity contribution >= 4 is 11.6 Å². The molecule has 2 nitrogen and oxygen atoms in total. The molecular formula is C15H22ClFN2. The first kappa shape index (κ1) is 14.8. The molecule has 0 saturated carbocycles. The van der Waals surface area contributed by atoms with Gasteiger partial charge in [-0.25, -0.2) is 4.39 Å². The van der Waals surface area contributed by atoms with Gasteiger partial charge in [-0.2, -0.15) is 0 Å². The summed E-state index contributed by atoms with van der Waals surface area (Å²) in [5, 5.41) is 3.99. The number of hydrogen-bond acceptors (Lipinski definition) is 2. The van der Waals surface area contributed by atoms with Crippen molar-refractivity contribution in [3.8, 4) is 0 Å². The van der Waals surface area contributed by atoms with Crippen molar-refractivity contribution in [2.75, 3.05) is 19.6 Å². The molecule has 4 heteroatoms. The SMILES string of the molecule is CC(C)CC1CN(Cc2ccc(Cl)cc2F)CCN1. The third kappa shape index (κ3) is 4.44. The molecule has 19 heavy (non-hydrogen) atoms. The minimum atomic E-state index is -0.202. The van der Waals surface area contributed by atoms with Gasteiger partial charge in [0.05, 0.1) is 0 Å². The molecule has 1 heterocycles. The Morgan fingerprint density at radius 3 is 2.95 bits per heavy atom. The Morgan fingerprint density at radius 2 is 2.26 bits per heavy atom. The van der Waals surface area contributed by atoms with Crippen molar-refractivity contribution < 1.29 is 4.39 Å². The van der Waals surface area contributed by atoms with E-state index in [1.807, 2.05) is 0 Å². The summed E-state index contributed by atoms with van der Waals surface area (Å²) in [4.78, 5) is 2.32. The van der Waals surface area contributed by atoms with Gasteiger partial charge in [-0.3, -0.25) is 4.90 Å². The maximum absolute atomic E-state index is 13.8. The van der Waals surface area contributed by atoms with E-state index in [0.717, 1.165) is 25.2 Å². The molecule has 1 aromatic carbocycles. The van der Waals surface area contributed by atoms with Crippen molar-refractivity contribution in [3.63, 3.8) is 0 Å². The van der Waals surface area contributed by atoms with Crippen molar-refractivity contribution in [1.82, 2.24) is 10.2 Å². The summed E-state index contributed by atoms with van der Waals surface area (Å²) in [6.45, 7) is 8.07. The fourth-order valence-electron chi connectivity index (χ4n) is 2.66. The molecule has 0 amide bonds. The molecular weight excluding hydrogens is 263 g/mol. The maximum Gasteiger partial charge on any atom is 0.129 e. The number of hydrogen-bond donors (Lipinski definition) is 1. The first-order valence-corrected chi connectivity index (χ1v) is 7.32. The minimum absolute atomic E-state index is 0.202. The summed E-state index contributed by atoms with van der Waals surface area (Å²) in [5.41, 5.74) is 0.731. The molecule has 0 aromatic heterocycles. The van der Waals surface area contributed by atoms with Crippen molar-refractivity contribution in [3.05, 3.63) is 34.6 Å². The fraction of sp³-hybridized carbons (Fsp3) is 0.600. The summed E-state index contributed by atoms with van der Waals surface area (Å²) in [6.07, 6.45) is 1.17. The molecule has 1 aliphatic heterocycles. The van der Waals surface area contributed by atoms with Crippen LogP contribution in [-0.2, 0) is 6.54 Å². The average molecular weight is 285 g/mol. The lowest BCUT2D eigenvalue weighted by atomic mass is 10.0. The Kier molecular flexibility index (Phi) is 5.20. The van der Waals surface area contributed by atoms with Crippen LogP contribution in [-0.4, -0.2) is 30.6 Å². The second-order valence-electron chi connectivity index (χ2n) is 5.75. The van der Waals surface area contributed by atoms with Crippen molar-refractivity contribution in [1.29, 1.82) is 0 Å². The number of rotatable bonds is 4. The Labute approximate surface area is 119 Å². The molecule has 2 rings (SSSR count). The van der Waals surface area contributed by atoms with Crippen LogP contribution >= 0.6 is 11.6 Å². The van der Waals surface area contributed by atoms with Gasteiger partial charge < -0.3 is 5.32 Å². The van der Waals surface area contributed by atoms with E-state index in [-0.39, 0.29) is 5.82 Å². The van der Waals surface area contributed by atoms with Gasteiger partial charge in [0.15, 0.2) is 0 Å². The highest BCUT2D eigenvalue weighted by molar-refractivity contribution is 6.30. The van der Waals surface area contributed by atoms with Gasteiger partial charge in [0.25, 0.3) is 0 Å². The topological polar surface area (TPSA) is 15.3 Å².